The van der Waals surface area contributed by atoms with Crippen molar-refractivity contribution in [3.05, 3.63) is 36.5 Å². The lowest BCUT2D eigenvalue weighted by molar-refractivity contribution is -0.167. The van der Waals surface area contributed by atoms with Gasteiger partial charge in [-0.2, -0.15) is 0 Å². The molecular formula is C57H104O6. The van der Waals surface area contributed by atoms with Crippen LogP contribution in [0.25, 0.3) is 0 Å². The maximum absolute atomic E-state index is 12.8. The SMILES string of the molecule is CCCCCCCC/C=C\CCCCCCCC(=O)OCC(COC(=O)CCCCCCC/C=C/CCCCCCCC)OC(=O)CCCCCCC/C=C/CCCCCCCC. The molecule has 63 heavy (non-hydrogen) atoms. The average Bonchev–Trinajstić information content (AvgIpc) is 3.28. The van der Waals surface area contributed by atoms with Crippen molar-refractivity contribution < 1.29 is 28.6 Å². The first-order chi connectivity index (χ1) is 31.0. The average molecular weight is 885 g/mol. The Morgan fingerprint density at radius 3 is 0.794 bits per heavy atom. The van der Waals surface area contributed by atoms with Crippen molar-refractivity contribution in [3.8, 4) is 0 Å². The Hall–Kier alpha value is -2.37. The van der Waals surface area contributed by atoms with Crippen molar-refractivity contribution in [2.24, 2.45) is 0 Å². The molecule has 0 fully saturated rings. The van der Waals surface area contributed by atoms with E-state index < -0.39 is 6.10 Å². The van der Waals surface area contributed by atoms with E-state index in [1.165, 1.54) is 173 Å². The number of hydrogen-bond acceptors (Lipinski definition) is 6. The highest BCUT2D eigenvalue weighted by atomic mass is 16.6. The second kappa shape index (κ2) is 52.3. The molecule has 0 aliphatic carbocycles. The fourth-order valence-corrected chi connectivity index (χ4v) is 7.90. The summed E-state index contributed by atoms with van der Waals surface area (Å²) < 4.78 is 16.8. The molecule has 0 saturated carbocycles. The van der Waals surface area contributed by atoms with Crippen molar-refractivity contribution in [2.75, 3.05) is 13.2 Å². The van der Waals surface area contributed by atoms with Gasteiger partial charge in [-0.25, -0.2) is 0 Å². The van der Waals surface area contributed by atoms with E-state index in [9.17, 15) is 14.4 Å². The Balaban J connectivity index is 4.39. The van der Waals surface area contributed by atoms with Crippen LogP contribution in [0.1, 0.15) is 290 Å². The molecule has 0 aliphatic heterocycles. The van der Waals surface area contributed by atoms with Crippen molar-refractivity contribution in [3.63, 3.8) is 0 Å². The normalized spacial score (nSPS) is 12.2. The molecule has 0 aromatic carbocycles. The smallest absolute Gasteiger partial charge is 0.306 e. The minimum absolute atomic E-state index is 0.0806. The van der Waals surface area contributed by atoms with Crippen LogP contribution in [0, 0.1) is 0 Å². The van der Waals surface area contributed by atoms with Crippen LogP contribution in [0.2, 0.25) is 0 Å². The second-order valence-electron chi connectivity index (χ2n) is 18.5. The summed E-state index contributed by atoms with van der Waals surface area (Å²) in [5.74, 6) is -0.893. The third-order valence-corrected chi connectivity index (χ3v) is 12.1. The lowest BCUT2D eigenvalue weighted by Gasteiger charge is -2.18. The van der Waals surface area contributed by atoms with Gasteiger partial charge in [0.15, 0.2) is 6.10 Å². The number of carbonyl (C=O) groups is 3. The summed E-state index contributed by atoms with van der Waals surface area (Å²) in [5, 5.41) is 0. The first-order valence-electron chi connectivity index (χ1n) is 27.5. The van der Waals surface area contributed by atoms with E-state index in [1.807, 2.05) is 0 Å². The van der Waals surface area contributed by atoms with Gasteiger partial charge in [-0.05, 0) is 96.3 Å². The fourth-order valence-electron chi connectivity index (χ4n) is 7.90. The third kappa shape index (κ3) is 50.5. The fraction of sp³-hybridized carbons (Fsp3) is 0.842. The number of ether oxygens (including phenoxy) is 3. The molecule has 0 saturated heterocycles. The van der Waals surface area contributed by atoms with Crippen molar-refractivity contribution in [2.45, 2.75) is 297 Å². The maximum Gasteiger partial charge on any atom is 0.306 e. The molecule has 1 atom stereocenters. The van der Waals surface area contributed by atoms with Crippen LogP contribution in [-0.2, 0) is 28.6 Å². The van der Waals surface area contributed by atoms with Gasteiger partial charge in [0.25, 0.3) is 0 Å². The van der Waals surface area contributed by atoms with E-state index >= 15 is 0 Å². The van der Waals surface area contributed by atoms with E-state index in [2.05, 4.69) is 57.2 Å². The van der Waals surface area contributed by atoms with Gasteiger partial charge < -0.3 is 14.2 Å². The molecule has 0 aliphatic rings. The number of carbonyl (C=O) groups excluding carboxylic acids is 3. The topological polar surface area (TPSA) is 78.9 Å². The van der Waals surface area contributed by atoms with E-state index in [0.717, 1.165) is 77.0 Å². The molecule has 0 rings (SSSR count). The van der Waals surface area contributed by atoms with Crippen LogP contribution >= 0.6 is 0 Å². The third-order valence-electron chi connectivity index (χ3n) is 12.1. The molecule has 0 heterocycles. The van der Waals surface area contributed by atoms with Crippen LogP contribution in [0.5, 0.6) is 0 Å². The number of unbranched alkanes of at least 4 members (excludes halogenated alkanes) is 33. The molecule has 368 valence electrons. The maximum atomic E-state index is 12.8. The number of rotatable bonds is 50. The molecule has 6 nitrogen and oxygen atoms in total. The first kappa shape index (κ1) is 60.6. The zero-order valence-corrected chi connectivity index (χ0v) is 42.1. The van der Waals surface area contributed by atoms with Crippen LogP contribution in [0.15, 0.2) is 36.5 Å². The Bertz CT molecular complexity index is 1010. The lowest BCUT2D eigenvalue weighted by atomic mass is 10.1. The van der Waals surface area contributed by atoms with Crippen molar-refractivity contribution in [1.29, 1.82) is 0 Å². The zero-order valence-electron chi connectivity index (χ0n) is 42.1. The standard InChI is InChI=1S/C57H104O6/c1-4-7-10-13-16-19-22-25-28-31-34-37-40-43-46-49-55(58)61-52-54(63-57(60)51-48-45-42-39-36-33-30-27-24-21-18-15-12-9-6-3)53-62-56(59)50-47-44-41-38-35-32-29-26-23-20-17-14-11-8-5-2/h25-30,54H,4-24,31-53H2,1-3H3/b28-25-,29-26+,30-27+. The first-order valence-corrected chi connectivity index (χ1v) is 27.5. The Labute approximate surface area is 391 Å². The molecule has 0 radical (unpaired) electrons. The van der Waals surface area contributed by atoms with Crippen LogP contribution in [0.4, 0.5) is 0 Å². The highest BCUT2D eigenvalue weighted by molar-refractivity contribution is 5.71. The van der Waals surface area contributed by atoms with Crippen molar-refractivity contribution >= 4 is 17.9 Å². The van der Waals surface area contributed by atoms with Gasteiger partial charge in [-0.15, -0.1) is 0 Å². The largest absolute Gasteiger partial charge is 0.462 e. The molecular weight excluding hydrogens is 781 g/mol. The Kier molecular flexibility index (Phi) is 50.3. The monoisotopic (exact) mass is 885 g/mol. The van der Waals surface area contributed by atoms with Crippen LogP contribution < -0.4 is 0 Å². The summed E-state index contributed by atoms with van der Waals surface area (Å²) in [6, 6.07) is 0. The predicted octanol–water partition coefficient (Wildman–Crippen LogP) is 18.1. The quantitative estimate of drug-likeness (QED) is 0.0262. The van der Waals surface area contributed by atoms with Gasteiger partial charge >= 0.3 is 17.9 Å². The molecule has 1 unspecified atom stereocenters. The number of allylic oxidation sites excluding steroid dienone is 6. The summed E-state index contributed by atoms with van der Waals surface area (Å²) in [6.45, 7) is 6.63. The Morgan fingerprint density at radius 1 is 0.302 bits per heavy atom. The number of hydrogen-bond donors (Lipinski definition) is 0. The van der Waals surface area contributed by atoms with Gasteiger partial charge in [0.1, 0.15) is 13.2 Å². The van der Waals surface area contributed by atoms with Crippen LogP contribution in [-0.4, -0.2) is 37.2 Å². The van der Waals surface area contributed by atoms with E-state index in [0.29, 0.717) is 19.3 Å². The highest BCUT2D eigenvalue weighted by Crippen LogP contribution is 2.15. The van der Waals surface area contributed by atoms with Crippen LogP contribution in [0.3, 0.4) is 0 Å². The van der Waals surface area contributed by atoms with E-state index in [-0.39, 0.29) is 31.1 Å². The van der Waals surface area contributed by atoms with Gasteiger partial charge in [0.05, 0.1) is 0 Å². The number of esters is 3. The van der Waals surface area contributed by atoms with E-state index in [4.69, 9.17) is 14.2 Å². The van der Waals surface area contributed by atoms with Gasteiger partial charge in [0.2, 0.25) is 0 Å². The predicted molar refractivity (Wildman–Crippen MR) is 270 cm³/mol. The lowest BCUT2D eigenvalue weighted by Crippen LogP contribution is -2.30. The Morgan fingerprint density at radius 2 is 0.524 bits per heavy atom. The summed E-state index contributed by atoms with van der Waals surface area (Å²) in [6.07, 6.45) is 61.2. The molecule has 0 spiro atoms. The molecule has 6 heteroatoms. The molecule has 0 aromatic heterocycles. The molecule has 0 aromatic rings. The van der Waals surface area contributed by atoms with Crippen molar-refractivity contribution in [1.82, 2.24) is 0 Å². The molecule has 0 bridgehead atoms. The second-order valence-corrected chi connectivity index (χ2v) is 18.5. The minimum atomic E-state index is -0.781. The minimum Gasteiger partial charge on any atom is -0.462 e. The summed E-state index contributed by atoms with van der Waals surface area (Å²) in [5.41, 5.74) is 0. The highest BCUT2D eigenvalue weighted by Gasteiger charge is 2.19. The zero-order chi connectivity index (χ0) is 45.8. The van der Waals surface area contributed by atoms with Gasteiger partial charge in [-0.1, -0.05) is 211 Å². The van der Waals surface area contributed by atoms with E-state index in [1.54, 1.807) is 0 Å². The molecule has 0 amide bonds. The summed E-state index contributed by atoms with van der Waals surface area (Å²) >= 11 is 0. The van der Waals surface area contributed by atoms with Gasteiger partial charge in [0, 0.05) is 19.3 Å². The summed E-state index contributed by atoms with van der Waals surface area (Å²) in [7, 11) is 0. The summed E-state index contributed by atoms with van der Waals surface area (Å²) in [4.78, 5) is 38.0. The van der Waals surface area contributed by atoms with Gasteiger partial charge in [-0.3, -0.25) is 14.4 Å². The molecule has 0 N–H and O–H groups in total.